The van der Waals surface area contributed by atoms with Crippen molar-refractivity contribution in [1.29, 1.82) is 0 Å². The standard InChI is InChI=1S/C16H18F3N3O2/c1-22(2)13(14-7-4-8-24-14)10-20-15(23)21-12-6-3-5-11(9-12)16(17,18)19/h3-9,13H,10H2,1-2H3,(H2,20,21,23). The van der Waals surface area contributed by atoms with Crippen molar-refractivity contribution in [3.05, 3.63) is 54.0 Å². The van der Waals surface area contributed by atoms with E-state index in [4.69, 9.17) is 4.42 Å². The second kappa shape index (κ2) is 7.39. The van der Waals surface area contributed by atoms with Crippen LogP contribution in [0.3, 0.4) is 0 Å². The fourth-order valence-corrected chi connectivity index (χ4v) is 2.16. The summed E-state index contributed by atoms with van der Waals surface area (Å²) < 4.78 is 43.3. The number of hydrogen-bond donors (Lipinski definition) is 2. The lowest BCUT2D eigenvalue weighted by molar-refractivity contribution is -0.137. The molecule has 8 heteroatoms. The zero-order valence-corrected chi connectivity index (χ0v) is 13.2. The van der Waals surface area contributed by atoms with Crippen molar-refractivity contribution in [2.75, 3.05) is 26.0 Å². The predicted molar refractivity (Wildman–Crippen MR) is 83.6 cm³/mol. The summed E-state index contributed by atoms with van der Waals surface area (Å²) in [6, 6.07) is 7.22. The van der Waals surface area contributed by atoms with Crippen molar-refractivity contribution in [2.45, 2.75) is 12.2 Å². The fraction of sp³-hybridized carbons (Fsp3) is 0.312. The number of benzene rings is 1. The van der Waals surface area contributed by atoms with E-state index >= 15 is 0 Å². The summed E-state index contributed by atoms with van der Waals surface area (Å²) in [5.74, 6) is 0.680. The van der Waals surface area contributed by atoms with Crippen LogP contribution < -0.4 is 10.6 Å². The number of carbonyl (C=O) groups is 1. The predicted octanol–water partition coefficient (Wildman–Crippen LogP) is 3.72. The summed E-state index contributed by atoms with van der Waals surface area (Å²) in [5.41, 5.74) is -0.746. The van der Waals surface area contributed by atoms with Crippen molar-refractivity contribution in [2.24, 2.45) is 0 Å². The molecule has 0 fully saturated rings. The Kier molecular flexibility index (Phi) is 5.50. The molecule has 0 aliphatic carbocycles. The number of amides is 2. The molecule has 0 spiro atoms. The molecule has 1 atom stereocenters. The first kappa shape index (κ1) is 17.9. The molecule has 2 amide bonds. The highest BCUT2D eigenvalue weighted by molar-refractivity contribution is 5.89. The smallest absolute Gasteiger partial charge is 0.416 e. The first-order chi connectivity index (χ1) is 11.3. The van der Waals surface area contributed by atoms with E-state index in [1.165, 1.54) is 18.4 Å². The van der Waals surface area contributed by atoms with E-state index in [1.807, 2.05) is 19.0 Å². The molecular weight excluding hydrogens is 323 g/mol. The SMILES string of the molecule is CN(C)C(CNC(=O)Nc1cccc(C(F)(F)F)c1)c1ccco1. The fourth-order valence-electron chi connectivity index (χ4n) is 2.16. The van der Waals surface area contributed by atoms with Crippen LogP contribution in [0.5, 0.6) is 0 Å². The summed E-state index contributed by atoms with van der Waals surface area (Å²) >= 11 is 0. The van der Waals surface area contributed by atoms with Crippen molar-refractivity contribution < 1.29 is 22.4 Å². The van der Waals surface area contributed by atoms with Gasteiger partial charge in [-0.05, 0) is 44.4 Å². The number of nitrogens with one attached hydrogen (secondary N) is 2. The molecule has 130 valence electrons. The average molecular weight is 341 g/mol. The molecule has 0 radical (unpaired) electrons. The maximum atomic E-state index is 12.7. The number of carbonyl (C=O) groups excluding carboxylic acids is 1. The van der Waals surface area contributed by atoms with E-state index in [-0.39, 0.29) is 18.3 Å². The molecule has 0 saturated carbocycles. The van der Waals surface area contributed by atoms with Gasteiger partial charge in [0.1, 0.15) is 5.76 Å². The number of likely N-dealkylation sites (N-methyl/N-ethyl adjacent to an activating group) is 1. The van der Waals surface area contributed by atoms with Crippen molar-refractivity contribution in [1.82, 2.24) is 10.2 Å². The maximum Gasteiger partial charge on any atom is 0.416 e. The second-order valence-electron chi connectivity index (χ2n) is 5.41. The summed E-state index contributed by atoms with van der Waals surface area (Å²) in [6.07, 6.45) is -2.92. The number of nitrogens with zero attached hydrogens (tertiary/aromatic N) is 1. The van der Waals surface area contributed by atoms with E-state index < -0.39 is 17.8 Å². The first-order valence-corrected chi connectivity index (χ1v) is 7.19. The number of anilines is 1. The third kappa shape index (κ3) is 4.76. The van der Waals surface area contributed by atoms with Crippen LogP contribution in [0.2, 0.25) is 0 Å². The van der Waals surface area contributed by atoms with E-state index in [1.54, 1.807) is 12.1 Å². The molecule has 0 aliphatic rings. The third-order valence-corrected chi connectivity index (χ3v) is 3.40. The van der Waals surface area contributed by atoms with Crippen LogP contribution in [0.25, 0.3) is 0 Å². The summed E-state index contributed by atoms with van der Waals surface area (Å²) in [6.45, 7) is 0.241. The third-order valence-electron chi connectivity index (χ3n) is 3.40. The first-order valence-electron chi connectivity index (χ1n) is 7.19. The second-order valence-corrected chi connectivity index (χ2v) is 5.41. The van der Waals surface area contributed by atoms with Gasteiger partial charge in [-0.2, -0.15) is 13.2 Å². The minimum Gasteiger partial charge on any atom is -0.468 e. The number of rotatable bonds is 5. The molecule has 1 aromatic heterocycles. The highest BCUT2D eigenvalue weighted by Crippen LogP contribution is 2.30. The Balaban J connectivity index is 1.96. The zero-order chi connectivity index (χ0) is 17.7. The molecular formula is C16H18F3N3O2. The molecule has 2 aromatic rings. The summed E-state index contributed by atoms with van der Waals surface area (Å²) in [5, 5.41) is 5.02. The van der Waals surface area contributed by atoms with Gasteiger partial charge >= 0.3 is 12.2 Å². The molecule has 5 nitrogen and oxygen atoms in total. The largest absolute Gasteiger partial charge is 0.468 e. The molecule has 2 N–H and O–H groups in total. The quantitative estimate of drug-likeness (QED) is 0.871. The minimum atomic E-state index is -4.45. The van der Waals surface area contributed by atoms with Gasteiger partial charge < -0.3 is 15.1 Å². The van der Waals surface area contributed by atoms with Crippen molar-refractivity contribution in [3.8, 4) is 0 Å². The zero-order valence-electron chi connectivity index (χ0n) is 13.2. The number of furan rings is 1. The van der Waals surface area contributed by atoms with E-state index in [2.05, 4.69) is 10.6 Å². The molecule has 1 aromatic carbocycles. The number of hydrogen-bond acceptors (Lipinski definition) is 3. The van der Waals surface area contributed by atoms with Gasteiger partial charge in [0.15, 0.2) is 0 Å². The summed E-state index contributed by atoms with van der Waals surface area (Å²) in [4.78, 5) is 13.8. The van der Waals surface area contributed by atoms with E-state index in [0.29, 0.717) is 5.76 Å². The van der Waals surface area contributed by atoms with Crippen LogP contribution in [0.15, 0.2) is 47.1 Å². The van der Waals surface area contributed by atoms with Gasteiger partial charge in [0, 0.05) is 12.2 Å². The van der Waals surface area contributed by atoms with E-state index in [9.17, 15) is 18.0 Å². The molecule has 24 heavy (non-hydrogen) atoms. The van der Waals surface area contributed by atoms with Crippen molar-refractivity contribution in [3.63, 3.8) is 0 Å². The molecule has 2 rings (SSSR count). The van der Waals surface area contributed by atoms with Gasteiger partial charge in [0.25, 0.3) is 0 Å². The number of alkyl halides is 3. The molecule has 0 saturated heterocycles. The Hall–Kier alpha value is -2.48. The Morgan fingerprint density at radius 3 is 2.58 bits per heavy atom. The van der Waals surface area contributed by atoms with Gasteiger partial charge in [-0.15, -0.1) is 0 Å². The highest BCUT2D eigenvalue weighted by Gasteiger charge is 2.30. The maximum absolute atomic E-state index is 12.7. The van der Waals surface area contributed by atoms with Crippen LogP contribution >= 0.6 is 0 Å². The lowest BCUT2D eigenvalue weighted by atomic mass is 10.2. The van der Waals surface area contributed by atoms with Gasteiger partial charge in [0.05, 0.1) is 17.9 Å². The van der Waals surface area contributed by atoms with E-state index in [0.717, 1.165) is 12.1 Å². The lowest BCUT2D eigenvalue weighted by Crippen LogP contribution is -2.36. The van der Waals surface area contributed by atoms with Gasteiger partial charge in [0.2, 0.25) is 0 Å². The Morgan fingerprint density at radius 2 is 2.00 bits per heavy atom. The molecule has 0 bridgehead atoms. The topological polar surface area (TPSA) is 57.5 Å². The number of halogens is 3. The normalized spacial score (nSPS) is 12.9. The number of urea groups is 1. The van der Waals surface area contributed by atoms with Gasteiger partial charge in [-0.3, -0.25) is 4.90 Å². The molecule has 0 aliphatic heterocycles. The Morgan fingerprint density at radius 1 is 1.25 bits per heavy atom. The van der Waals surface area contributed by atoms with Crippen LogP contribution in [-0.4, -0.2) is 31.6 Å². The monoisotopic (exact) mass is 341 g/mol. The van der Waals surface area contributed by atoms with Crippen LogP contribution in [0.1, 0.15) is 17.4 Å². The summed E-state index contributed by atoms with van der Waals surface area (Å²) in [7, 11) is 3.67. The Labute approximate surface area is 137 Å². The lowest BCUT2D eigenvalue weighted by Gasteiger charge is -2.22. The van der Waals surface area contributed by atoms with Crippen LogP contribution in [-0.2, 0) is 6.18 Å². The molecule has 1 unspecified atom stereocenters. The van der Waals surface area contributed by atoms with Crippen LogP contribution in [0, 0.1) is 0 Å². The van der Waals surface area contributed by atoms with Crippen LogP contribution in [0.4, 0.5) is 23.7 Å². The Bertz CT molecular complexity index is 669. The highest BCUT2D eigenvalue weighted by atomic mass is 19.4. The van der Waals surface area contributed by atoms with Crippen molar-refractivity contribution >= 4 is 11.7 Å². The molecule has 1 heterocycles. The average Bonchev–Trinajstić information content (AvgIpc) is 3.00. The van der Waals surface area contributed by atoms with Gasteiger partial charge in [-0.25, -0.2) is 4.79 Å². The minimum absolute atomic E-state index is 0.0710. The van der Waals surface area contributed by atoms with Gasteiger partial charge in [-0.1, -0.05) is 6.07 Å².